The van der Waals surface area contributed by atoms with Crippen LogP contribution < -0.4 is 10.4 Å². The second-order valence-electron chi connectivity index (χ2n) is 5.50. The molecule has 1 saturated heterocycles. The van der Waals surface area contributed by atoms with Gasteiger partial charge in [0.2, 0.25) is 6.23 Å². The molecule has 1 rings (SSSR count). The van der Waals surface area contributed by atoms with Crippen LogP contribution in [-0.2, 0) is 9.53 Å². The Bertz CT molecular complexity index is 265. The minimum absolute atomic E-state index is 0.266. The Morgan fingerprint density at radius 2 is 2.29 bits per heavy atom. The molecule has 17 heavy (non-hydrogen) atoms. The number of hydrogen-bond acceptors (Lipinski definition) is 4. The van der Waals surface area contributed by atoms with Crippen LogP contribution in [0.15, 0.2) is 0 Å². The monoisotopic (exact) mass is 245 g/mol. The predicted octanol–water partition coefficient (Wildman–Crippen LogP) is -1.40. The van der Waals surface area contributed by atoms with E-state index in [4.69, 9.17) is 4.74 Å². The number of aliphatic carboxylic acids is 1. The van der Waals surface area contributed by atoms with Gasteiger partial charge in [-0.2, -0.15) is 0 Å². The molecule has 3 N–H and O–H groups in total. The van der Waals surface area contributed by atoms with Gasteiger partial charge in [0.1, 0.15) is 11.6 Å². The van der Waals surface area contributed by atoms with E-state index in [0.717, 1.165) is 6.42 Å². The number of carboxylic acid groups (broad SMARTS) is 1. The van der Waals surface area contributed by atoms with Crippen LogP contribution in [0.25, 0.3) is 0 Å². The Labute approximate surface area is 102 Å². The van der Waals surface area contributed by atoms with Crippen molar-refractivity contribution >= 4 is 5.97 Å². The summed E-state index contributed by atoms with van der Waals surface area (Å²) < 4.78 is 5.46. The standard InChI is InChI=1S/C12H23NO4/c1-8(2)7-9(10(14)15)13-11-12(3,16)5-4-6-17-11/h8-9,11,13,16H,4-7H2,1-3H3,(H,14,15)/t9-,11+,12-/m0/s1. The lowest BCUT2D eigenvalue weighted by Gasteiger charge is -2.36. The van der Waals surface area contributed by atoms with E-state index in [-0.39, 0.29) is 5.92 Å². The van der Waals surface area contributed by atoms with Crippen LogP contribution in [0.4, 0.5) is 0 Å². The van der Waals surface area contributed by atoms with Gasteiger partial charge >= 0.3 is 0 Å². The minimum atomic E-state index is -1.09. The largest absolute Gasteiger partial charge is 0.544 e. The van der Waals surface area contributed by atoms with Crippen LogP contribution in [0.1, 0.15) is 40.0 Å². The van der Waals surface area contributed by atoms with Gasteiger partial charge in [-0.25, -0.2) is 0 Å². The average Bonchev–Trinajstić information content (AvgIpc) is 2.18. The smallest absolute Gasteiger partial charge is 0.219 e. The van der Waals surface area contributed by atoms with Gasteiger partial charge in [0.15, 0.2) is 0 Å². The summed E-state index contributed by atoms with van der Waals surface area (Å²) in [5, 5.41) is 22.8. The third-order valence-electron chi connectivity index (χ3n) is 3.17. The highest BCUT2D eigenvalue weighted by Crippen LogP contribution is 2.21. The fourth-order valence-electron chi connectivity index (χ4n) is 2.20. The second kappa shape index (κ2) is 5.80. The lowest BCUT2D eigenvalue weighted by atomic mass is 9.94. The number of carboxylic acids is 1. The molecule has 1 aliphatic rings. The number of nitrogens with two attached hydrogens (primary N) is 1. The average molecular weight is 245 g/mol. The van der Waals surface area contributed by atoms with Crippen molar-refractivity contribution in [2.75, 3.05) is 6.61 Å². The van der Waals surface area contributed by atoms with Crippen LogP contribution >= 0.6 is 0 Å². The summed E-state index contributed by atoms with van der Waals surface area (Å²) in [5.41, 5.74) is -0.969. The molecular weight excluding hydrogens is 222 g/mol. The van der Waals surface area contributed by atoms with E-state index in [1.807, 2.05) is 13.8 Å². The molecule has 1 heterocycles. The van der Waals surface area contributed by atoms with Gasteiger partial charge in [-0.05, 0) is 25.7 Å². The summed E-state index contributed by atoms with van der Waals surface area (Å²) in [5.74, 6) is -0.827. The van der Waals surface area contributed by atoms with Gasteiger partial charge in [-0.1, -0.05) is 13.8 Å². The van der Waals surface area contributed by atoms with Crippen molar-refractivity contribution in [1.82, 2.24) is 0 Å². The van der Waals surface area contributed by atoms with Gasteiger partial charge in [-0.15, -0.1) is 0 Å². The first-order valence-electron chi connectivity index (χ1n) is 6.22. The van der Waals surface area contributed by atoms with E-state index in [2.05, 4.69) is 0 Å². The molecule has 1 aliphatic heterocycles. The maximum Gasteiger partial charge on any atom is 0.219 e. The van der Waals surface area contributed by atoms with Gasteiger partial charge < -0.3 is 25.1 Å². The molecule has 5 heteroatoms. The molecule has 0 aromatic carbocycles. The summed E-state index contributed by atoms with van der Waals surface area (Å²) in [4.78, 5) is 11.0. The summed E-state index contributed by atoms with van der Waals surface area (Å²) in [6.07, 6.45) is 1.43. The van der Waals surface area contributed by atoms with E-state index in [1.54, 1.807) is 12.2 Å². The first kappa shape index (κ1) is 14.4. The highest BCUT2D eigenvalue weighted by Gasteiger charge is 2.40. The molecule has 1 fully saturated rings. The van der Waals surface area contributed by atoms with Crippen molar-refractivity contribution in [2.24, 2.45) is 5.92 Å². The van der Waals surface area contributed by atoms with Crippen LogP contribution in [0, 0.1) is 5.92 Å². The van der Waals surface area contributed by atoms with Gasteiger partial charge in [0.05, 0.1) is 12.6 Å². The zero-order valence-corrected chi connectivity index (χ0v) is 10.8. The van der Waals surface area contributed by atoms with Crippen molar-refractivity contribution in [2.45, 2.75) is 57.9 Å². The number of carbonyl (C=O) groups is 1. The molecule has 100 valence electrons. The molecule has 0 aromatic heterocycles. The maximum absolute atomic E-state index is 11.0. The molecule has 0 radical (unpaired) electrons. The quantitative estimate of drug-likeness (QED) is 0.624. The molecule has 0 amide bonds. The molecule has 5 nitrogen and oxygen atoms in total. The number of aliphatic hydroxyl groups is 1. The number of ether oxygens (including phenoxy) is 1. The van der Waals surface area contributed by atoms with E-state index < -0.39 is 23.8 Å². The highest BCUT2D eigenvalue weighted by atomic mass is 16.5. The zero-order chi connectivity index (χ0) is 13.1. The predicted molar refractivity (Wildman–Crippen MR) is 59.8 cm³/mol. The summed E-state index contributed by atoms with van der Waals surface area (Å²) in [6, 6.07) is -0.662. The van der Waals surface area contributed by atoms with Gasteiger partial charge in [-0.3, -0.25) is 0 Å². The molecule has 0 spiro atoms. The summed E-state index contributed by atoms with van der Waals surface area (Å²) in [6.45, 7) is 6.18. The van der Waals surface area contributed by atoms with E-state index >= 15 is 0 Å². The maximum atomic E-state index is 11.0. The number of rotatable bonds is 5. The number of quaternary nitrogens is 1. The Hall–Kier alpha value is -0.650. The Morgan fingerprint density at radius 1 is 1.65 bits per heavy atom. The van der Waals surface area contributed by atoms with Crippen LogP contribution in [-0.4, -0.2) is 35.6 Å². The van der Waals surface area contributed by atoms with Crippen LogP contribution in [0.5, 0.6) is 0 Å². The van der Waals surface area contributed by atoms with Crippen LogP contribution in [0.2, 0.25) is 0 Å². The highest BCUT2D eigenvalue weighted by molar-refractivity contribution is 5.69. The molecule has 0 bridgehead atoms. The van der Waals surface area contributed by atoms with Crippen LogP contribution in [0.3, 0.4) is 0 Å². The first-order chi connectivity index (χ1) is 7.83. The van der Waals surface area contributed by atoms with E-state index in [9.17, 15) is 15.0 Å². The Morgan fingerprint density at radius 3 is 2.76 bits per heavy atom. The zero-order valence-electron chi connectivity index (χ0n) is 10.8. The third kappa shape index (κ3) is 4.26. The van der Waals surface area contributed by atoms with E-state index in [1.165, 1.54) is 0 Å². The van der Waals surface area contributed by atoms with Gasteiger partial charge in [0.25, 0.3) is 0 Å². The Balaban J connectivity index is 2.62. The normalized spacial score (nSPS) is 31.5. The fourth-order valence-corrected chi connectivity index (χ4v) is 2.20. The molecule has 0 unspecified atom stereocenters. The Kier molecular flexibility index (Phi) is 4.91. The molecule has 0 saturated carbocycles. The molecule has 3 atom stereocenters. The molecule has 0 aromatic rings. The third-order valence-corrected chi connectivity index (χ3v) is 3.17. The van der Waals surface area contributed by atoms with E-state index in [0.29, 0.717) is 19.4 Å². The van der Waals surface area contributed by atoms with Crippen molar-refractivity contribution in [1.29, 1.82) is 0 Å². The summed E-state index contributed by atoms with van der Waals surface area (Å²) >= 11 is 0. The molecule has 0 aliphatic carbocycles. The number of hydrogen-bond donors (Lipinski definition) is 2. The second-order valence-corrected chi connectivity index (χ2v) is 5.50. The van der Waals surface area contributed by atoms with Crippen molar-refractivity contribution in [3.63, 3.8) is 0 Å². The lowest BCUT2D eigenvalue weighted by Crippen LogP contribution is -3.01. The topological polar surface area (TPSA) is 86.2 Å². The summed E-state index contributed by atoms with van der Waals surface area (Å²) in [7, 11) is 0. The van der Waals surface area contributed by atoms with Gasteiger partial charge in [0, 0.05) is 6.42 Å². The lowest BCUT2D eigenvalue weighted by molar-refractivity contribution is -0.766. The molecular formula is C12H23NO4. The minimum Gasteiger partial charge on any atom is -0.544 e. The number of carbonyl (C=O) groups excluding carboxylic acids is 1. The van der Waals surface area contributed by atoms with Crippen molar-refractivity contribution < 1.29 is 25.1 Å². The SMILES string of the molecule is CC(C)C[C@H]([NH2+][C@@H]1OCCC[C@]1(C)O)C(=O)[O-]. The first-order valence-corrected chi connectivity index (χ1v) is 6.22. The van der Waals surface area contributed by atoms with Crippen molar-refractivity contribution in [3.8, 4) is 0 Å². The van der Waals surface area contributed by atoms with Crippen molar-refractivity contribution in [3.05, 3.63) is 0 Å². The fraction of sp³-hybridized carbons (Fsp3) is 0.917.